The van der Waals surface area contributed by atoms with E-state index in [0.29, 0.717) is 22.5 Å². The smallest absolute Gasteiger partial charge is 0.269 e. The minimum absolute atomic E-state index is 0.0261. The van der Waals surface area contributed by atoms with Gasteiger partial charge in [0, 0.05) is 23.7 Å². The number of hydrogen-bond donors (Lipinski definition) is 1. The Hall–Kier alpha value is -2.48. The Morgan fingerprint density at radius 1 is 1.16 bits per heavy atom. The molecule has 1 aliphatic rings. The molecule has 25 heavy (non-hydrogen) atoms. The third-order valence-electron chi connectivity index (χ3n) is 4.09. The number of nitro benzene ring substituents is 1. The van der Waals surface area contributed by atoms with E-state index in [1.165, 1.54) is 36.7 Å². The molecule has 130 valence electrons. The van der Waals surface area contributed by atoms with Gasteiger partial charge in [0.05, 0.1) is 16.4 Å². The first kappa shape index (κ1) is 17.3. The Balaban J connectivity index is 1.54. The molecular formula is C17H18N4O3S. The third-order valence-corrected chi connectivity index (χ3v) is 5.01. The van der Waals surface area contributed by atoms with Gasteiger partial charge in [0.15, 0.2) is 0 Å². The zero-order valence-electron chi connectivity index (χ0n) is 13.6. The summed E-state index contributed by atoms with van der Waals surface area (Å²) in [6.45, 7) is 0. The maximum Gasteiger partial charge on any atom is 0.269 e. The second kappa shape index (κ2) is 8.06. The molecule has 1 aromatic heterocycles. The molecule has 0 saturated heterocycles. The van der Waals surface area contributed by atoms with E-state index < -0.39 is 4.92 Å². The van der Waals surface area contributed by atoms with Crippen molar-refractivity contribution >= 4 is 23.4 Å². The molecule has 0 bridgehead atoms. The van der Waals surface area contributed by atoms with E-state index in [-0.39, 0.29) is 11.6 Å². The molecule has 1 N–H and O–H groups in total. The maximum atomic E-state index is 11.9. The van der Waals surface area contributed by atoms with Gasteiger partial charge >= 0.3 is 0 Å². The summed E-state index contributed by atoms with van der Waals surface area (Å²) in [5, 5.41) is 22.6. The summed E-state index contributed by atoms with van der Waals surface area (Å²) < 4.78 is 0. The quantitative estimate of drug-likeness (QED) is 0.484. The van der Waals surface area contributed by atoms with Crippen molar-refractivity contribution in [3.8, 4) is 11.3 Å². The summed E-state index contributed by atoms with van der Waals surface area (Å²) in [5.41, 5.74) is 1.43. The van der Waals surface area contributed by atoms with Crippen LogP contribution >= 0.6 is 11.8 Å². The molecule has 1 amide bonds. The molecule has 3 rings (SSSR count). The number of nitrogens with one attached hydrogen (secondary N) is 1. The Morgan fingerprint density at radius 3 is 2.48 bits per heavy atom. The predicted molar refractivity (Wildman–Crippen MR) is 95.2 cm³/mol. The minimum atomic E-state index is -0.439. The molecule has 1 aromatic carbocycles. The second-order valence-corrected chi connectivity index (χ2v) is 6.89. The van der Waals surface area contributed by atoms with Gasteiger partial charge < -0.3 is 5.32 Å². The highest BCUT2D eigenvalue weighted by atomic mass is 32.2. The number of carbonyl (C=O) groups is 1. The van der Waals surface area contributed by atoms with Gasteiger partial charge in [-0.05, 0) is 37.1 Å². The van der Waals surface area contributed by atoms with Gasteiger partial charge in [-0.3, -0.25) is 14.9 Å². The summed E-state index contributed by atoms with van der Waals surface area (Å²) in [5.74, 6) is 0.348. The predicted octanol–water partition coefficient (Wildman–Crippen LogP) is 3.20. The maximum absolute atomic E-state index is 11.9. The second-order valence-electron chi connectivity index (χ2n) is 5.90. The molecule has 0 aliphatic heterocycles. The number of hydrogen-bond acceptors (Lipinski definition) is 6. The summed E-state index contributed by atoms with van der Waals surface area (Å²) >= 11 is 1.35. The van der Waals surface area contributed by atoms with Crippen LogP contribution in [0.1, 0.15) is 25.7 Å². The Morgan fingerprint density at radius 2 is 1.88 bits per heavy atom. The highest BCUT2D eigenvalue weighted by molar-refractivity contribution is 7.99. The highest BCUT2D eigenvalue weighted by Crippen LogP contribution is 2.22. The van der Waals surface area contributed by atoms with E-state index in [9.17, 15) is 14.9 Å². The average Bonchev–Trinajstić information content (AvgIpc) is 3.13. The third kappa shape index (κ3) is 4.76. The number of thioether (sulfide) groups is 1. The van der Waals surface area contributed by atoms with Crippen LogP contribution in [0.15, 0.2) is 41.4 Å². The van der Waals surface area contributed by atoms with Gasteiger partial charge in [-0.2, -0.15) is 0 Å². The van der Waals surface area contributed by atoms with Gasteiger partial charge in [-0.15, -0.1) is 10.2 Å². The van der Waals surface area contributed by atoms with Gasteiger partial charge in [-0.1, -0.05) is 24.6 Å². The van der Waals surface area contributed by atoms with Crippen LogP contribution in [0.4, 0.5) is 5.69 Å². The molecule has 8 heteroatoms. The van der Waals surface area contributed by atoms with Crippen LogP contribution in [-0.4, -0.2) is 32.8 Å². The van der Waals surface area contributed by atoms with Crippen molar-refractivity contribution in [2.75, 3.05) is 5.75 Å². The monoisotopic (exact) mass is 358 g/mol. The van der Waals surface area contributed by atoms with Crippen molar-refractivity contribution in [2.45, 2.75) is 36.8 Å². The lowest BCUT2D eigenvalue weighted by Gasteiger charge is -2.11. The topological polar surface area (TPSA) is 98.0 Å². The molecule has 0 spiro atoms. The van der Waals surface area contributed by atoms with Crippen LogP contribution in [-0.2, 0) is 4.79 Å². The van der Waals surface area contributed by atoms with Crippen molar-refractivity contribution in [1.29, 1.82) is 0 Å². The summed E-state index contributed by atoms with van der Waals surface area (Å²) in [6, 6.07) is 10.1. The van der Waals surface area contributed by atoms with Gasteiger partial charge in [0.25, 0.3) is 5.69 Å². The molecule has 7 nitrogen and oxygen atoms in total. The summed E-state index contributed by atoms with van der Waals surface area (Å²) in [6.07, 6.45) is 4.52. The van der Waals surface area contributed by atoms with Crippen molar-refractivity contribution in [1.82, 2.24) is 15.5 Å². The Kier molecular flexibility index (Phi) is 5.60. The molecular weight excluding hydrogens is 340 g/mol. The number of amides is 1. The molecule has 0 unspecified atom stereocenters. The van der Waals surface area contributed by atoms with E-state index in [0.717, 1.165) is 18.4 Å². The first-order chi connectivity index (χ1) is 12.1. The van der Waals surface area contributed by atoms with E-state index in [1.807, 2.05) is 0 Å². The largest absolute Gasteiger partial charge is 0.353 e. The van der Waals surface area contributed by atoms with Crippen molar-refractivity contribution in [3.63, 3.8) is 0 Å². The van der Waals surface area contributed by atoms with E-state index in [1.54, 1.807) is 24.3 Å². The summed E-state index contributed by atoms with van der Waals surface area (Å²) in [4.78, 5) is 22.1. The first-order valence-corrected chi connectivity index (χ1v) is 9.11. The number of rotatable bonds is 6. The lowest BCUT2D eigenvalue weighted by Crippen LogP contribution is -2.33. The van der Waals surface area contributed by atoms with E-state index >= 15 is 0 Å². The zero-order valence-corrected chi connectivity index (χ0v) is 14.4. The van der Waals surface area contributed by atoms with Crippen molar-refractivity contribution in [3.05, 3.63) is 46.5 Å². The van der Waals surface area contributed by atoms with Crippen LogP contribution in [0.2, 0.25) is 0 Å². The van der Waals surface area contributed by atoms with Gasteiger partial charge in [0.2, 0.25) is 5.91 Å². The van der Waals surface area contributed by atoms with Crippen LogP contribution in [0.3, 0.4) is 0 Å². The fraction of sp³-hybridized carbons (Fsp3) is 0.353. The summed E-state index contributed by atoms with van der Waals surface area (Å²) in [7, 11) is 0. The Bertz CT molecular complexity index is 743. The molecule has 1 aliphatic carbocycles. The molecule has 1 heterocycles. The highest BCUT2D eigenvalue weighted by Gasteiger charge is 2.17. The lowest BCUT2D eigenvalue weighted by atomic mass is 10.1. The molecule has 0 atom stereocenters. The number of aromatic nitrogens is 2. The van der Waals surface area contributed by atoms with Crippen LogP contribution in [0.25, 0.3) is 11.3 Å². The van der Waals surface area contributed by atoms with E-state index in [2.05, 4.69) is 15.5 Å². The van der Waals surface area contributed by atoms with Crippen LogP contribution in [0, 0.1) is 10.1 Å². The van der Waals surface area contributed by atoms with Gasteiger partial charge in [-0.25, -0.2) is 0 Å². The first-order valence-electron chi connectivity index (χ1n) is 8.12. The average molecular weight is 358 g/mol. The number of benzene rings is 1. The fourth-order valence-corrected chi connectivity index (χ4v) is 3.41. The molecule has 2 aromatic rings. The molecule has 1 saturated carbocycles. The van der Waals surface area contributed by atoms with Crippen molar-refractivity contribution < 1.29 is 9.72 Å². The molecule has 1 fully saturated rings. The number of nitrogens with zero attached hydrogens (tertiary/aromatic N) is 3. The van der Waals surface area contributed by atoms with Crippen LogP contribution < -0.4 is 5.32 Å². The zero-order chi connectivity index (χ0) is 17.6. The number of non-ortho nitro benzene ring substituents is 1. The standard InChI is InChI=1S/C17H18N4O3S/c22-16(18-13-3-1-2-4-13)11-25-17-10-9-15(19-20-17)12-5-7-14(8-6-12)21(23)24/h5-10,13H,1-4,11H2,(H,18,22). The van der Waals surface area contributed by atoms with E-state index in [4.69, 9.17) is 0 Å². The number of carbonyl (C=O) groups excluding carboxylic acids is 1. The fourth-order valence-electron chi connectivity index (χ4n) is 2.78. The number of nitro groups is 1. The van der Waals surface area contributed by atoms with Crippen LogP contribution in [0.5, 0.6) is 0 Å². The SMILES string of the molecule is O=C(CSc1ccc(-c2ccc([N+](=O)[O-])cc2)nn1)NC1CCCC1. The Labute approximate surface area is 149 Å². The lowest BCUT2D eigenvalue weighted by molar-refractivity contribution is -0.384. The van der Waals surface area contributed by atoms with Crippen molar-refractivity contribution in [2.24, 2.45) is 0 Å². The molecule has 0 radical (unpaired) electrons. The normalized spacial score (nSPS) is 14.4. The van der Waals surface area contributed by atoms with Gasteiger partial charge in [0.1, 0.15) is 5.03 Å². The minimum Gasteiger partial charge on any atom is -0.353 e.